The quantitative estimate of drug-likeness (QED) is 0.639. The molecule has 0 aromatic heterocycles. The molecule has 2 N–H and O–H groups in total. The Labute approximate surface area is 131 Å². The average molecular weight is 326 g/mol. The summed E-state index contributed by atoms with van der Waals surface area (Å²) < 4.78 is 36.9. The zero-order chi connectivity index (χ0) is 17.0. The van der Waals surface area contributed by atoms with Crippen LogP contribution in [0.15, 0.2) is 29.5 Å². The maximum absolute atomic E-state index is 14.0. The van der Waals surface area contributed by atoms with Crippen LogP contribution in [-0.2, 0) is 14.3 Å². The summed E-state index contributed by atoms with van der Waals surface area (Å²) in [5, 5.41) is 4.87. The molecule has 1 aliphatic heterocycles. The number of amides is 2. The molecule has 2 amide bonds. The fourth-order valence-corrected chi connectivity index (χ4v) is 2.23. The number of rotatable bonds is 5. The molecular weight excluding hydrogens is 310 g/mol. The number of hydrogen-bond acceptors (Lipinski definition) is 4. The van der Waals surface area contributed by atoms with Crippen molar-refractivity contribution in [2.75, 3.05) is 20.3 Å². The van der Waals surface area contributed by atoms with Crippen LogP contribution in [0.1, 0.15) is 18.5 Å². The summed E-state index contributed by atoms with van der Waals surface area (Å²) in [5.41, 5.74) is 0.260. The third-order valence-electron chi connectivity index (χ3n) is 3.28. The van der Waals surface area contributed by atoms with E-state index in [0.717, 1.165) is 6.07 Å². The first-order valence-electron chi connectivity index (χ1n) is 6.83. The molecule has 0 radical (unpaired) electrons. The number of carbonyl (C=O) groups is 2. The summed E-state index contributed by atoms with van der Waals surface area (Å²) in [7, 11) is 1.46. The lowest BCUT2D eigenvalue weighted by Crippen LogP contribution is -2.45. The van der Waals surface area contributed by atoms with Gasteiger partial charge >= 0.3 is 12.0 Å². The van der Waals surface area contributed by atoms with Crippen molar-refractivity contribution in [1.29, 1.82) is 0 Å². The first-order valence-corrected chi connectivity index (χ1v) is 6.83. The van der Waals surface area contributed by atoms with E-state index in [2.05, 4.69) is 10.6 Å². The van der Waals surface area contributed by atoms with E-state index in [-0.39, 0.29) is 30.0 Å². The smallest absolute Gasteiger partial charge is 0.338 e. The third-order valence-corrected chi connectivity index (χ3v) is 3.28. The van der Waals surface area contributed by atoms with Crippen molar-refractivity contribution >= 4 is 12.0 Å². The van der Waals surface area contributed by atoms with Gasteiger partial charge in [0, 0.05) is 24.4 Å². The van der Waals surface area contributed by atoms with Crippen LogP contribution in [0, 0.1) is 11.6 Å². The number of carbonyl (C=O) groups excluding carboxylic acids is 2. The highest BCUT2D eigenvalue weighted by atomic mass is 19.1. The van der Waals surface area contributed by atoms with E-state index in [1.165, 1.54) is 20.1 Å². The number of halogens is 2. The summed E-state index contributed by atoms with van der Waals surface area (Å²) in [6, 6.07) is 1.25. The normalized spacial score (nSPS) is 17.6. The number of hydrogen-bond donors (Lipinski definition) is 2. The number of urea groups is 1. The second-order valence-corrected chi connectivity index (χ2v) is 4.86. The first-order chi connectivity index (χ1) is 10.9. The Bertz CT molecular complexity index is 661. The summed E-state index contributed by atoms with van der Waals surface area (Å²) in [4.78, 5) is 23.9. The van der Waals surface area contributed by atoms with E-state index < -0.39 is 29.7 Å². The van der Waals surface area contributed by atoms with E-state index in [9.17, 15) is 18.4 Å². The van der Waals surface area contributed by atoms with Gasteiger partial charge in [-0.1, -0.05) is 6.07 Å². The maximum Gasteiger partial charge on any atom is 0.338 e. The van der Waals surface area contributed by atoms with Crippen molar-refractivity contribution in [3.05, 3.63) is 46.7 Å². The molecule has 1 aliphatic rings. The van der Waals surface area contributed by atoms with Gasteiger partial charge in [0.2, 0.25) is 0 Å². The van der Waals surface area contributed by atoms with Gasteiger partial charge in [0.1, 0.15) is 18.2 Å². The molecule has 0 unspecified atom stereocenters. The van der Waals surface area contributed by atoms with Gasteiger partial charge in [-0.3, -0.25) is 0 Å². The Morgan fingerprint density at radius 3 is 2.70 bits per heavy atom. The molecule has 0 spiro atoms. The van der Waals surface area contributed by atoms with Crippen LogP contribution in [0.3, 0.4) is 0 Å². The molecule has 1 aromatic rings. The molecule has 6 nitrogen and oxygen atoms in total. The number of nitrogens with one attached hydrogen (secondary N) is 2. The van der Waals surface area contributed by atoms with E-state index in [0.29, 0.717) is 6.07 Å². The summed E-state index contributed by atoms with van der Waals surface area (Å²) in [6.45, 7) is 1.71. The first kappa shape index (κ1) is 16.9. The van der Waals surface area contributed by atoms with E-state index in [4.69, 9.17) is 9.47 Å². The Hall–Kier alpha value is -2.48. The number of esters is 1. The average Bonchev–Trinajstić information content (AvgIpc) is 2.46. The van der Waals surface area contributed by atoms with Gasteiger partial charge in [-0.25, -0.2) is 18.4 Å². The monoisotopic (exact) mass is 326 g/mol. The van der Waals surface area contributed by atoms with E-state index >= 15 is 0 Å². The number of allylic oxidation sites excluding steroid dienone is 1. The lowest BCUT2D eigenvalue weighted by molar-refractivity contribution is -0.140. The van der Waals surface area contributed by atoms with Crippen LogP contribution in [0.25, 0.3) is 0 Å². The number of methoxy groups -OCH3 is 1. The fourth-order valence-electron chi connectivity index (χ4n) is 2.23. The third kappa shape index (κ3) is 3.84. The summed E-state index contributed by atoms with van der Waals surface area (Å²) >= 11 is 0. The van der Waals surface area contributed by atoms with Crippen LogP contribution in [0.4, 0.5) is 13.6 Å². The van der Waals surface area contributed by atoms with Crippen molar-refractivity contribution in [3.63, 3.8) is 0 Å². The molecule has 0 aliphatic carbocycles. The van der Waals surface area contributed by atoms with Crippen molar-refractivity contribution < 1.29 is 27.8 Å². The molecule has 0 bridgehead atoms. The fraction of sp³-hybridized carbons (Fsp3) is 0.333. The largest absolute Gasteiger partial charge is 0.460 e. The molecule has 8 heteroatoms. The second kappa shape index (κ2) is 7.19. The highest BCUT2D eigenvalue weighted by Crippen LogP contribution is 2.29. The van der Waals surface area contributed by atoms with Crippen molar-refractivity contribution in [1.82, 2.24) is 10.6 Å². The number of ether oxygens (including phenoxy) is 2. The minimum Gasteiger partial charge on any atom is -0.460 e. The maximum atomic E-state index is 14.0. The second-order valence-electron chi connectivity index (χ2n) is 4.86. The molecule has 0 fully saturated rings. The van der Waals surface area contributed by atoms with Gasteiger partial charge in [0.15, 0.2) is 0 Å². The lowest BCUT2D eigenvalue weighted by Gasteiger charge is -2.28. The molecular formula is C15H16F2N2O4. The van der Waals surface area contributed by atoms with Crippen LogP contribution in [0.5, 0.6) is 0 Å². The molecule has 0 saturated carbocycles. The van der Waals surface area contributed by atoms with Crippen LogP contribution in [-0.4, -0.2) is 32.3 Å². The SMILES string of the molecule is COCCOC(=O)C1=C(C)NC(=O)N[C@@H]1c1ccc(F)cc1F. The zero-order valence-electron chi connectivity index (χ0n) is 12.6. The van der Waals surface area contributed by atoms with Crippen molar-refractivity contribution in [2.24, 2.45) is 0 Å². The Kier molecular flexibility index (Phi) is 5.28. The summed E-state index contributed by atoms with van der Waals surface area (Å²) in [5.74, 6) is -2.34. The van der Waals surface area contributed by atoms with Crippen molar-refractivity contribution in [3.8, 4) is 0 Å². The van der Waals surface area contributed by atoms with Crippen LogP contribution < -0.4 is 10.6 Å². The zero-order valence-corrected chi connectivity index (χ0v) is 12.6. The van der Waals surface area contributed by atoms with Gasteiger partial charge in [-0.15, -0.1) is 0 Å². The molecule has 124 valence electrons. The van der Waals surface area contributed by atoms with Crippen molar-refractivity contribution in [2.45, 2.75) is 13.0 Å². The van der Waals surface area contributed by atoms with Gasteiger partial charge in [-0.2, -0.15) is 0 Å². The molecule has 1 heterocycles. The molecule has 1 aromatic carbocycles. The van der Waals surface area contributed by atoms with Crippen LogP contribution >= 0.6 is 0 Å². The molecule has 23 heavy (non-hydrogen) atoms. The molecule has 0 saturated heterocycles. The number of benzene rings is 1. The van der Waals surface area contributed by atoms with E-state index in [1.54, 1.807) is 0 Å². The highest BCUT2D eigenvalue weighted by Gasteiger charge is 2.33. The lowest BCUT2D eigenvalue weighted by atomic mass is 9.95. The minimum absolute atomic E-state index is 0.0126. The summed E-state index contributed by atoms with van der Waals surface area (Å²) in [6.07, 6.45) is 0. The molecule has 2 rings (SSSR count). The van der Waals surface area contributed by atoms with Gasteiger partial charge in [-0.05, 0) is 13.0 Å². The predicted octanol–water partition coefficient (Wildman–Crippen LogP) is 1.78. The standard InChI is InChI=1S/C15H16F2N2O4/c1-8-12(14(20)23-6-5-22-2)13(19-15(21)18-8)10-4-3-9(16)7-11(10)17/h3-4,7,13H,5-6H2,1-2H3,(H2,18,19,21)/t13-/m1/s1. The van der Waals surface area contributed by atoms with Gasteiger partial charge < -0.3 is 20.1 Å². The van der Waals surface area contributed by atoms with Gasteiger partial charge in [0.25, 0.3) is 0 Å². The topological polar surface area (TPSA) is 76.7 Å². The van der Waals surface area contributed by atoms with Gasteiger partial charge in [0.05, 0.1) is 18.2 Å². The minimum atomic E-state index is -1.07. The van der Waals surface area contributed by atoms with E-state index in [1.807, 2.05) is 0 Å². The highest BCUT2D eigenvalue weighted by molar-refractivity contribution is 5.95. The Morgan fingerprint density at radius 2 is 2.04 bits per heavy atom. The predicted molar refractivity (Wildman–Crippen MR) is 76.3 cm³/mol. The Morgan fingerprint density at radius 1 is 1.30 bits per heavy atom. The Balaban J connectivity index is 2.36. The molecule has 1 atom stereocenters. The van der Waals surface area contributed by atoms with Crippen LogP contribution in [0.2, 0.25) is 0 Å².